The van der Waals surface area contributed by atoms with Crippen LogP contribution < -0.4 is 10.2 Å². The van der Waals surface area contributed by atoms with Gasteiger partial charge >= 0.3 is 17.9 Å². The van der Waals surface area contributed by atoms with Gasteiger partial charge < -0.3 is 29.3 Å². The van der Waals surface area contributed by atoms with E-state index in [2.05, 4.69) is 22.2 Å². The molecule has 1 fully saturated rings. The Balaban J connectivity index is 2.38. The molecule has 0 radical (unpaired) electrons. The van der Waals surface area contributed by atoms with E-state index in [1.165, 1.54) is 14.2 Å². The lowest BCUT2D eigenvalue weighted by Gasteiger charge is -2.34. The number of anilines is 2. The molecule has 1 N–H and O–H groups in total. The standard InChI is InChI=1S/C23H35N3O6/c1-23(2,3)32-22(29)18-8-7-17(26-11-9-25(4)10-12-26)15-19(18)24-16(13-20(27)30-5)14-21(28)31-6/h7-8,15-16,24H,9-14H2,1-6H3. The van der Waals surface area contributed by atoms with Gasteiger partial charge in [-0.05, 0) is 46.0 Å². The molecule has 1 aliphatic heterocycles. The first-order valence-electron chi connectivity index (χ1n) is 10.7. The van der Waals surface area contributed by atoms with Crippen molar-refractivity contribution in [3.63, 3.8) is 0 Å². The normalized spacial score (nSPS) is 14.8. The Morgan fingerprint density at radius 2 is 1.56 bits per heavy atom. The second-order valence-corrected chi connectivity index (χ2v) is 8.92. The van der Waals surface area contributed by atoms with Gasteiger partial charge in [0.15, 0.2) is 0 Å². The fourth-order valence-corrected chi connectivity index (χ4v) is 3.39. The highest BCUT2D eigenvalue weighted by atomic mass is 16.6. The van der Waals surface area contributed by atoms with E-state index >= 15 is 0 Å². The lowest BCUT2D eigenvalue weighted by atomic mass is 10.1. The molecule has 1 aromatic carbocycles. The summed E-state index contributed by atoms with van der Waals surface area (Å²) in [6, 6.07) is 4.87. The van der Waals surface area contributed by atoms with Gasteiger partial charge in [0.05, 0.1) is 38.3 Å². The number of hydrogen-bond donors (Lipinski definition) is 1. The van der Waals surface area contributed by atoms with Crippen molar-refractivity contribution in [1.82, 2.24) is 4.90 Å². The van der Waals surface area contributed by atoms with Gasteiger partial charge in [0.1, 0.15) is 5.60 Å². The second-order valence-electron chi connectivity index (χ2n) is 8.92. The third-order valence-electron chi connectivity index (χ3n) is 5.13. The maximum atomic E-state index is 12.9. The monoisotopic (exact) mass is 449 g/mol. The Hall–Kier alpha value is -2.81. The largest absolute Gasteiger partial charge is 0.469 e. The van der Waals surface area contributed by atoms with Crippen LogP contribution in [0.3, 0.4) is 0 Å². The zero-order valence-corrected chi connectivity index (χ0v) is 19.9. The Labute approximate surface area is 190 Å². The number of nitrogens with zero attached hydrogens (tertiary/aromatic N) is 2. The lowest BCUT2D eigenvalue weighted by molar-refractivity contribution is -0.142. The van der Waals surface area contributed by atoms with Crippen molar-refractivity contribution >= 4 is 29.3 Å². The molecule has 0 bridgehead atoms. The van der Waals surface area contributed by atoms with Crippen molar-refractivity contribution in [3.05, 3.63) is 23.8 Å². The van der Waals surface area contributed by atoms with Crippen molar-refractivity contribution in [2.24, 2.45) is 0 Å². The molecule has 0 spiro atoms. The fraction of sp³-hybridized carbons (Fsp3) is 0.609. The molecule has 0 atom stereocenters. The van der Waals surface area contributed by atoms with E-state index in [1.54, 1.807) is 26.8 Å². The van der Waals surface area contributed by atoms with E-state index in [-0.39, 0.29) is 12.8 Å². The molecule has 0 aliphatic carbocycles. The van der Waals surface area contributed by atoms with E-state index in [1.807, 2.05) is 12.1 Å². The predicted molar refractivity (Wildman–Crippen MR) is 122 cm³/mol. The van der Waals surface area contributed by atoms with Crippen molar-refractivity contribution in [3.8, 4) is 0 Å². The van der Waals surface area contributed by atoms with Gasteiger partial charge in [-0.1, -0.05) is 0 Å². The number of methoxy groups -OCH3 is 2. The average Bonchev–Trinajstić information content (AvgIpc) is 2.72. The molecule has 0 aromatic heterocycles. The molecule has 1 aliphatic rings. The minimum Gasteiger partial charge on any atom is -0.469 e. The Kier molecular flexibility index (Phi) is 8.89. The van der Waals surface area contributed by atoms with Gasteiger partial charge in [-0.3, -0.25) is 9.59 Å². The van der Waals surface area contributed by atoms with E-state index in [4.69, 9.17) is 14.2 Å². The minimum atomic E-state index is -0.665. The van der Waals surface area contributed by atoms with Crippen LogP contribution in [0, 0.1) is 0 Å². The summed E-state index contributed by atoms with van der Waals surface area (Å²) in [5, 5.41) is 3.19. The zero-order valence-electron chi connectivity index (χ0n) is 19.9. The Bertz CT molecular complexity index is 794. The van der Waals surface area contributed by atoms with Crippen LogP contribution in [0.5, 0.6) is 0 Å². The summed E-state index contributed by atoms with van der Waals surface area (Å²) in [5.74, 6) is -1.43. The van der Waals surface area contributed by atoms with Crippen LogP contribution in [-0.4, -0.2) is 81.9 Å². The molecule has 9 heteroatoms. The van der Waals surface area contributed by atoms with E-state index in [9.17, 15) is 14.4 Å². The topological polar surface area (TPSA) is 97.4 Å². The summed E-state index contributed by atoms with van der Waals surface area (Å²) in [6.45, 7) is 8.98. The number of carbonyl (C=O) groups excluding carboxylic acids is 3. The van der Waals surface area contributed by atoms with Crippen molar-refractivity contribution in [2.75, 3.05) is 57.7 Å². The number of carbonyl (C=O) groups is 3. The van der Waals surface area contributed by atoms with Crippen LogP contribution in [0.1, 0.15) is 44.0 Å². The van der Waals surface area contributed by atoms with Crippen molar-refractivity contribution < 1.29 is 28.6 Å². The highest BCUT2D eigenvalue weighted by Gasteiger charge is 2.25. The maximum absolute atomic E-state index is 12.9. The van der Waals surface area contributed by atoms with Gasteiger partial charge in [-0.25, -0.2) is 4.79 Å². The number of hydrogen-bond acceptors (Lipinski definition) is 9. The summed E-state index contributed by atoms with van der Waals surface area (Å²) in [6.07, 6.45) is -0.115. The van der Waals surface area contributed by atoms with Gasteiger partial charge in [0.2, 0.25) is 0 Å². The molecule has 9 nitrogen and oxygen atoms in total. The molecule has 2 rings (SSSR count). The maximum Gasteiger partial charge on any atom is 0.340 e. The Morgan fingerprint density at radius 3 is 2.06 bits per heavy atom. The summed E-state index contributed by atoms with van der Waals surface area (Å²) in [5.41, 5.74) is 1.11. The van der Waals surface area contributed by atoms with E-state index in [0.29, 0.717) is 11.3 Å². The van der Waals surface area contributed by atoms with Crippen LogP contribution in [0.15, 0.2) is 18.2 Å². The van der Waals surface area contributed by atoms with Gasteiger partial charge in [-0.2, -0.15) is 0 Å². The van der Waals surface area contributed by atoms with Crippen LogP contribution in [0.4, 0.5) is 11.4 Å². The average molecular weight is 450 g/mol. The quantitative estimate of drug-likeness (QED) is 0.473. The number of esters is 3. The SMILES string of the molecule is COC(=O)CC(CC(=O)OC)Nc1cc(N2CCN(C)CC2)ccc1C(=O)OC(C)(C)C. The second kappa shape index (κ2) is 11.2. The first kappa shape index (κ1) is 25.5. The first-order valence-corrected chi connectivity index (χ1v) is 10.7. The number of benzene rings is 1. The van der Waals surface area contributed by atoms with Crippen LogP contribution in [0.2, 0.25) is 0 Å². The van der Waals surface area contributed by atoms with Gasteiger partial charge in [0.25, 0.3) is 0 Å². The van der Waals surface area contributed by atoms with Crippen LogP contribution in [-0.2, 0) is 23.8 Å². The molecular formula is C23H35N3O6. The summed E-state index contributed by atoms with van der Waals surface area (Å²) in [7, 11) is 4.66. The first-order chi connectivity index (χ1) is 15.0. The fourth-order valence-electron chi connectivity index (χ4n) is 3.39. The van der Waals surface area contributed by atoms with E-state index < -0.39 is 29.6 Å². The van der Waals surface area contributed by atoms with Gasteiger partial charge in [-0.15, -0.1) is 0 Å². The smallest absolute Gasteiger partial charge is 0.340 e. The predicted octanol–water partition coefficient (Wildman–Crippen LogP) is 2.30. The van der Waals surface area contributed by atoms with Crippen molar-refractivity contribution in [2.45, 2.75) is 45.3 Å². The highest BCUT2D eigenvalue weighted by Crippen LogP contribution is 2.28. The summed E-state index contributed by atoms with van der Waals surface area (Å²) in [4.78, 5) is 41.2. The molecule has 1 aromatic rings. The molecule has 32 heavy (non-hydrogen) atoms. The molecule has 1 saturated heterocycles. The van der Waals surface area contributed by atoms with Gasteiger partial charge in [0, 0.05) is 37.9 Å². The molecule has 0 saturated carbocycles. The van der Waals surface area contributed by atoms with Crippen LogP contribution >= 0.6 is 0 Å². The van der Waals surface area contributed by atoms with Crippen molar-refractivity contribution in [1.29, 1.82) is 0 Å². The Morgan fingerprint density at radius 1 is 1.00 bits per heavy atom. The number of rotatable bonds is 8. The molecule has 0 unspecified atom stereocenters. The molecule has 1 heterocycles. The van der Waals surface area contributed by atoms with E-state index in [0.717, 1.165) is 31.9 Å². The zero-order chi connectivity index (χ0) is 23.9. The molecule has 0 amide bonds. The third-order valence-corrected chi connectivity index (χ3v) is 5.13. The highest BCUT2D eigenvalue weighted by molar-refractivity contribution is 5.97. The lowest BCUT2D eigenvalue weighted by Crippen LogP contribution is -2.44. The number of nitrogens with one attached hydrogen (secondary N) is 1. The summed E-state index contributed by atoms with van der Waals surface area (Å²) >= 11 is 0. The molecular weight excluding hydrogens is 414 g/mol. The number of piperazine rings is 1. The third kappa shape index (κ3) is 7.71. The number of likely N-dealkylation sites (N-methyl/N-ethyl adjacent to an activating group) is 1. The number of ether oxygens (including phenoxy) is 3. The molecule has 178 valence electrons. The minimum absolute atomic E-state index is 0.0574. The summed E-state index contributed by atoms with van der Waals surface area (Å²) < 4.78 is 15.1. The van der Waals surface area contributed by atoms with Crippen LogP contribution in [0.25, 0.3) is 0 Å².